The van der Waals surface area contributed by atoms with Crippen LogP contribution in [0.25, 0.3) is 0 Å². The summed E-state index contributed by atoms with van der Waals surface area (Å²) in [6.07, 6.45) is 0.920. The second kappa shape index (κ2) is 7.90. The highest BCUT2D eigenvalue weighted by molar-refractivity contribution is 5.28. The average molecular weight is 294 g/mol. The second-order valence-corrected chi connectivity index (χ2v) is 6.21. The summed E-state index contributed by atoms with van der Waals surface area (Å²) in [7, 11) is 0. The predicted octanol–water partition coefficient (Wildman–Crippen LogP) is 3.78. The lowest BCUT2D eigenvalue weighted by molar-refractivity contribution is 0.0917. The maximum Gasteiger partial charge on any atom is 0.123 e. The molecule has 0 aromatic heterocycles. The van der Waals surface area contributed by atoms with Gasteiger partial charge in [0.05, 0.1) is 0 Å². The van der Waals surface area contributed by atoms with Crippen molar-refractivity contribution < 1.29 is 4.39 Å². The molecule has 0 radical (unpaired) electrons. The number of benzene rings is 1. The van der Waals surface area contributed by atoms with Gasteiger partial charge in [-0.1, -0.05) is 26.8 Å². The summed E-state index contributed by atoms with van der Waals surface area (Å²) >= 11 is 0. The van der Waals surface area contributed by atoms with Crippen LogP contribution in [-0.2, 0) is 6.42 Å². The third kappa shape index (κ3) is 4.52. The van der Waals surface area contributed by atoms with Gasteiger partial charge in [0, 0.05) is 11.6 Å². The lowest BCUT2D eigenvalue weighted by Gasteiger charge is -2.44. The molecule has 0 aliphatic carbocycles. The molecule has 1 aromatic rings. The van der Waals surface area contributed by atoms with Gasteiger partial charge in [-0.3, -0.25) is 4.90 Å². The van der Waals surface area contributed by atoms with Crippen LogP contribution < -0.4 is 5.32 Å². The highest BCUT2D eigenvalue weighted by atomic mass is 19.1. The Bertz CT molecular complexity index is 439. The Hall–Kier alpha value is -0.930. The van der Waals surface area contributed by atoms with Crippen molar-refractivity contribution in [2.75, 3.05) is 19.6 Å². The van der Waals surface area contributed by atoms with Crippen LogP contribution in [0.4, 0.5) is 4.39 Å². The van der Waals surface area contributed by atoms with Gasteiger partial charge in [-0.15, -0.1) is 0 Å². The molecule has 2 nitrogen and oxygen atoms in total. The molecule has 120 valence electrons. The van der Waals surface area contributed by atoms with Crippen LogP contribution in [0.2, 0.25) is 0 Å². The Morgan fingerprint density at radius 2 is 1.81 bits per heavy atom. The molecule has 1 N–H and O–H groups in total. The molecule has 0 bridgehead atoms. The van der Waals surface area contributed by atoms with Crippen LogP contribution in [0.15, 0.2) is 18.2 Å². The summed E-state index contributed by atoms with van der Waals surface area (Å²) in [6.45, 7) is 16.2. The van der Waals surface area contributed by atoms with Gasteiger partial charge in [0.15, 0.2) is 0 Å². The summed E-state index contributed by atoms with van der Waals surface area (Å²) in [5.41, 5.74) is 2.32. The molecule has 0 aliphatic rings. The van der Waals surface area contributed by atoms with Crippen LogP contribution in [0.1, 0.15) is 45.7 Å². The quantitative estimate of drug-likeness (QED) is 0.785. The Kier molecular flexibility index (Phi) is 6.82. The first-order chi connectivity index (χ1) is 9.86. The SMILES string of the molecule is CCNC(Cc1ccc(F)cc1C)C(C)(C)N(CC)CC. The molecule has 0 saturated carbocycles. The minimum Gasteiger partial charge on any atom is -0.312 e. The van der Waals surface area contributed by atoms with Gasteiger partial charge in [0.25, 0.3) is 0 Å². The fourth-order valence-corrected chi connectivity index (χ4v) is 3.19. The molecule has 3 heteroatoms. The zero-order chi connectivity index (χ0) is 16.0. The molecule has 1 atom stereocenters. The number of halogens is 1. The Labute approximate surface area is 129 Å². The van der Waals surface area contributed by atoms with E-state index >= 15 is 0 Å². The van der Waals surface area contributed by atoms with Crippen molar-refractivity contribution >= 4 is 0 Å². The maximum atomic E-state index is 13.3. The number of nitrogens with zero attached hydrogens (tertiary/aromatic N) is 1. The van der Waals surface area contributed by atoms with E-state index < -0.39 is 0 Å². The molecular formula is C18H31FN2. The minimum absolute atomic E-state index is 0.0559. The highest BCUT2D eigenvalue weighted by Crippen LogP contribution is 2.23. The average Bonchev–Trinajstić information content (AvgIpc) is 2.42. The fourth-order valence-electron chi connectivity index (χ4n) is 3.19. The third-order valence-electron chi connectivity index (χ3n) is 4.61. The first kappa shape index (κ1) is 18.1. The Morgan fingerprint density at radius 3 is 2.29 bits per heavy atom. The smallest absolute Gasteiger partial charge is 0.123 e. The molecule has 0 heterocycles. The molecule has 1 unspecified atom stereocenters. The number of likely N-dealkylation sites (N-methyl/N-ethyl adjacent to an activating group) is 2. The second-order valence-electron chi connectivity index (χ2n) is 6.21. The summed E-state index contributed by atoms with van der Waals surface area (Å²) in [4.78, 5) is 2.49. The molecular weight excluding hydrogens is 263 g/mol. The third-order valence-corrected chi connectivity index (χ3v) is 4.61. The van der Waals surface area contributed by atoms with E-state index in [0.29, 0.717) is 6.04 Å². The summed E-state index contributed by atoms with van der Waals surface area (Å²) in [5.74, 6) is -0.153. The van der Waals surface area contributed by atoms with Crippen molar-refractivity contribution in [2.24, 2.45) is 0 Å². The maximum absolute atomic E-state index is 13.3. The lowest BCUT2D eigenvalue weighted by Crippen LogP contribution is -2.58. The number of aryl methyl sites for hydroxylation is 1. The van der Waals surface area contributed by atoms with Gasteiger partial charge in [-0.05, 0) is 70.1 Å². The zero-order valence-corrected chi connectivity index (χ0v) is 14.5. The summed E-state index contributed by atoms with van der Waals surface area (Å²) in [6, 6.07) is 5.46. The molecule has 0 spiro atoms. The van der Waals surface area contributed by atoms with Crippen molar-refractivity contribution in [3.63, 3.8) is 0 Å². The van der Waals surface area contributed by atoms with Crippen LogP contribution in [-0.4, -0.2) is 36.1 Å². The normalized spacial score (nSPS) is 13.7. The monoisotopic (exact) mass is 294 g/mol. The van der Waals surface area contributed by atoms with Gasteiger partial charge in [-0.25, -0.2) is 4.39 Å². The van der Waals surface area contributed by atoms with Gasteiger partial charge < -0.3 is 5.32 Å². The molecule has 0 aliphatic heterocycles. The van der Waals surface area contributed by atoms with Crippen LogP contribution >= 0.6 is 0 Å². The summed E-state index contributed by atoms with van der Waals surface area (Å²) in [5, 5.41) is 3.63. The number of hydrogen-bond acceptors (Lipinski definition) is 2. The van der Waals surface area contributed by atoms with E-state index in [9.17, 15) is 4.39 Å². The van der Waals surface area contributed by atoms with Crippen LogP contribution in [0.5, 0.6) is 0 Å². The van der Waals surface area contributed by atoms with E-state index in [2.05, 4.69) is 44.8 Å². The van der Waals surface area contributed by atoms with Crippen molar-refractivity contribution in [2.45, 2.75) is 59.5 Å². The minimum atomic E-state index is -0.153. The van der Waals surface area contributed by atoms with Crippen molar-refractivity contribution in [3.05, 3.63) is 35.1 Å². The fraction of sp³-hybridized carbons (Fsp3) is 0.667. The largest absolute Gasteiger partial charge is 0.312 e. The van der Waals surface area contributed by atoms with E-state index in [1.54, 1.807) is 12.1 Å². The van der Waals surface area contributed by atoms with E-state index in [-0.39, 0.29) is 11.4 Å². The van der Waals surface area contributed by atoms with Gasteiger partial charge in [0.2, 0.25) is 0 Å². The number of hydrogen-bond donors (Lipinski definition) is 1. The summed E-state index contributed by atoms with van der Waals surface area (Å²) < 4.78 is 13.3. The van der Waals surface area contributed by atoms with E-state index in [0.717, 1.165) is 31.6 Å². The number of rotatable bonds is 8. The van der Waals surface area contributed by atoms with Crippen molar-refractivity contribution in [1.82, 2.24) is 10.2 Å². The zero-order valence-electron chi connectivity index (χ0n) is 14.5. The first-order valence-electron chi connectivity index (χ1n) is 8.10. The Balaban J connectivity index is 3.00. The van der Waals surface area contributed by atoms with E-state index in [1.165, 1.54) is 5.56 Å². The van der Waals surface area contributed by atoms with Gasteiger partial charge >= 0.3 is 0 Å². The van der Waals surface area contributed by atoms with E-state index in [1.807, 2.05) is 13.0 Å². The first-order valence-corrected chi connectivity index (χ1v) is 8.10. The highest BCUT2D eigenvalue weighted by Gasteiger charge is 2.33. The molecule has 0 amide bonds. The topological polar surface area (TPSA) is 15.3 Å². The van der Waals surface area contributed by atoms with E-state index in [4.69, 9.17) is 0 Å². The van der Waals surface area contributed by atoms with Crippen LogP contribution in [0, 0.1) is 12.7 Å². The molecule has 1 rings (SSSR count). The lowest BCUT2D eigenvalue weighted by atomic mass is 9.86. The number of nitrogens with one attached hydrogen (secondary N) is 1. The molecule has 1 aromatic carbocycles. The van der Waals surface area contributed by atoms with Crippen molar-refractivity contribution in [1.29, 1.82) is 0 Å². The molecule has 0 saturated heterocycles. The van der Waals surface area contributed by atoms with Gasteiger partial charge in [0.1, 0.15) is 5.82 Å². The van der Waals surface area contributed by atoms with Crippen molar-refractivity contribution in [3.8, 4) is 0 Å². The van der Waals surface area contributed by atoms with Gasteiger partial charge in [-0.2, -0.15) is 0 Å². The Morgan fingerprint density at radius 1 is 1.19 bits per heavy atom. The predicted molar refractivity (Wildman–Crippen MR) is 89.3 cm³/mol. The molecule has 21 heavy (non-hydrogen) atoms. The molecule has 0 fully saturated rings. The standard InChI is InChI=1S/C18H31FN2/c1-7-20-17(18(5,6)21(8-2)9-3)13-15-10-11-16(19)12-14(15)4/h10-12,17,20H,7-9,13H2,1-6H3. The van der Waals surface area contributed by atoms with Crippen LogP contribution in [0.3, 0.4) is 0 Å².